The molecule has 0 amide bonds. The van der Waals surface area contributed by atoms with Gasteiger partial charge in [0.2, 0.25) is 0 Å². The van der Waals surface area contributed by atoms with Crippen molar-refractivity contribution in [3.63, 3.8) is 0 Å². The highest BCUT2D eigenvalue weighted by Gasteiger charge is 2.42. The number of likely N-dealkylation sites (tertiary alicyclic amines) is 1. The Morgan fingerprint density at radius 1 is 1.16 bits per heavy atom. The van der Waals surface area contributed by atoms with Gasteiger partial charge in [-0.3, -0.25) is 0 Å². The van der Waals surface area contributed by atoms with Crippen LogP contribution in [0.1, 0.15) is 77.2 Å². The van der Waals surface area contributed by atoms with Crippen molar-refractivity contribution in [3.8, 4) is 0 Å². The van der Waals surface area contributed by atoms with E-state index < -0.39 is 0 Å². The van der Waals surface area contributed by atoms with Crippen molar-refractivity contribution in [2.24, 2.45) is 5.16 Å². The van der Waals surface area contributed by atoms with Crippen LogP contribution >= 0.6 is 0 Å². The van der Waals surface area contributed by atoms with E-state index in [-0.39, 0.29) is 5.60 Å². The number of oxime groups is 1. The standard InChI is InChI=1S/C24H36N6O/c1-3-5-12-29-13-8-18(9-14-29)27-22-19(16-25-23-20(22)17-26-30(23)4-2)21-15-24(31-28-21)10-6-7-11-24/h16-18H,3-15H2,1-2H3,(H,25,27). The van der Waals surface area contributed by atoms with Gasteiger partial charge in [-0.1, -0.05) is 18.5 Å². The second-order valence-corrected chi connectivity index (χ2v) is 9.55. The first-order chi connectivity index (χ1) is 15.2. The van der Waals surface area contributed by atoms with Crippen molar-refractivity contribution in [1.82, 2.24) is 19.7 Å². The maximum absolute atomic E-state index is 6.01. The Kier molecular flexibility index (Phi) is 5.87. The van der Waals surface area contributed by atoms with Gasteiger partial charge in [-0.2, -0.15) is 5.10 Å². The number of fused-ring (bicyclic) bond motifs is 1. The molecular formula is C24H36N6O. The van der Waals surface area contributed by atoms with Crippen LogP contribution in [0, 0.1) is 0 Å². The molecule has 2 aliphatic heterocycles. The summed E-state index contributed by atoms with van der Waals surface area (Å²) in [5.41, 5.74) is 4.17. The number of piperidine rings is 1. The van der Waals surface area contributed by atoms with Crippen LogP contribution in [0.2, 0.25) is 0 Å². The maximum atomic E-state index is 6.01. The van der Waals surface area contributed by atoms with Crippen LogP contribution in [0.5, 0.6) is 0 Å². The molecule has 1 saturated carbocycles. The minimum Gasteiger partial charge on any atom is -0.389 e. The van der Waals surface area contributed by atoms with Gasteiger partial charge in [-0.25, -0.2) is 9.67 Å². The number of aryl methyl sites for hydroxylation is 1. The van der Waals surface area contributed by atoms with Crippen LogP contribution in [0.15, 0.2) is 17.5 Å². The van der Waals surface area contributed by atoms with Crippen LogP contribution in [-0.2, 0) is 11.4 Å². The highest BCUT2D eigenvalue weighted by molar-refractivity contribution is 6.10. The summed E-state index contributed by atoms with van der Waals surface area (Å²) in [7, 11) is 0. The van der Waals surface area contributed by atoms with E-state index in [1.165, 1.54) is 58.2 Å². The molecule has 1 aliphatic carbocycles. The Morgan fingerprint density at radius 3 is 2.71 bits per heavy atom. The van der Waals surface area contributed by atoms with E-state index in [0.717, 1.165) is 53.8 Å². The van der Waals surface area contributed by atoms with E-state index >= 15 is 0 Å². The summed E-state index contributed by atoms with van der Waals surface area (Å²) in [5.74, 6) is 0. The number of anilines is 1. The van der Waals surface area contributed by atoms with Gasteiger partial charge in [0.25, 0.3) is 0 Å². The molecule has 31 heavy (non-hydrogen) atoms. The first kappa shape index (κ1) is 20.7. The van der Waals surface area contributed by atoms with Crippen LogP contribution in [0.4, 0.5) is 5.69 Å². The summed E-state index contributed by atoms with van der Waals surface area (Å²) in [5, 5.41) is 14.2. The molecule has 1 N–H and O–H groups in total. The molecule has 4 heterocycles. The lowest BCUT2D eigenvalue weighted by molar-refractivity contribution is -0.0126. The second-order valence-electron chi connectivity index (χ2n) is 9.55. The molecule has 0 atom stereocenters. The van der Waals surface area contributed by atoms with Crippen LogP contribution in [-0.4, -0.2) is 56.7 Å². The van der Waals surface area contributed by atoms with Gasteiger partial charge in [0.05, 0.1) is 23.0 Å². The molecule has 0 bridgehead atoms. The van der Waals surface area contributed by atoms with Crippen molar-refractivity contribution in [1.29, 1.82) is 0 Å². The van der Waals surface area contributed by atoms with E-state index in [1.54, 1.807) is 0 Å². The smallest absolute Gasteiger partial charge is 0.159 e. The molecule has 2 aromatic heterocycles. The molecular weight excluding hydrogens is 388 g/mol. The van der Waals surface area contributed by atoms with E-state index in [2.05, 4.69) is 34.3 Å². The predicted molar refractivity (Wildman–Crippen MR) is 125 cm³/mol. The molecule has 7 heteroatoms. The van der Waals surface area contributed by atoms with Gasteiger partial charge in [0.1, 0.15) is 5.60 Å². The Morgan fingerprint density at radius 2 is 1.97 bits per heavy atom. The largest absolute Gasteiger partial charge is 0.389 e. The van der Waals surface area contributed by atoms with Gasteiger partial charge >= 0.3 is 0 Å². The topological polar surface area (TPSA) is 67.6 Å². The van der Waals surface area contributed by atoms with Crippen molar-refractivity contribution >= 4 is 22.4 Å². The zero-order valence-electron chi connectivity index (χ0n) is 19.1. The minimum atomic E-state index is -0.0697. The SMILES string of the molecule is CCCCN1CCC(Nc2c(C3=NOC4(CCCC4)C3)cnc3c2cnn3CC)CC1. The molecule has 5 rings (SSSR count). The third kappa shape index (κ3) is 4.04. The monoisotopic (exact) mass is 424 g/mol. The Hall–Kier alpha value is -2.15. The first-order valence-corrected chi connectivity index (χ1v) is 12.3. The fraction of sp³-hybridized carbons (Fsp3) is 0.708. The molecule has 7 nitrogen and oxygen atoms in total. The molecule has 0 radical (unpaired) electrons. The summed E-state index contributed by atoms with van der Waals surface area (Å²) < 4.78 is 1.98. The number of hydrogen-bond acceptors (Lipinski definition) is 6. The van der Waals surface area contributed by atoms with E-state index in [9.17, 15) is 0 Å². The third-order valence-corrected chi connectivity index (χ3v) is 7.39. The lowest BCUT2D eigenvalue weighted by Gasteiger charge is -2.33. The average Bonchev–Trinajstić information content (AvgIpc) is 3.54. The quantitative estimate of drug-likeness (QED) is 0.705. The first-order valence-electron chi connectivity index (χ1n) is 12.3. The van der Waals surface area contributed by atoms with E-state index in [1.807, 2.05) is 17.1 Å². The number of rotatable bonds is 7. The molecule has 0 aromatic carbocycles. The number of nitrogens with zero attached hydrogens (tertiary/aromatic N) is 5. The molecule has 1 spiro atoms. The van der Waals surface area contributed by atoms with Crippen LogP contribution in [0.25, 0.3) is 11.0 Å². The summed E-state index contributed by atoms with van der Waals surface area (Å²) in [4.78, 5) is 13.4. The molecule has 1 saturated heterocycles. The van der Waals surface area contributed by atoms with Gasteiger partial charge < -0.3 is 15.1 Å². The molecule has 168 valence electrons. The van der Waals surface area contributed by atoms with Gasteiger partial charge in [-0.05, 0) is 58.4 Å². The average molecular weight is 425 g/mol. The van der Waals surface area contributed by atoms with Gasteiger partial charge in [0, 0.05) is 43.9 Å². The van der Waals surface area contributed by atoms with Crippen LogP contribution < -0.4 is 5.32 Å². The maximum Gasteiger partial charge on any atom is 0.159 e. The molecule has 0 unspecified atom stereocenters. The molecule has 3 aliphatic rings. The van der Waals surface area contributed by atoms with Crippen LogP contribution in [0.3, 0.4) is 0 Å². The number of pyridine rings is 1. The van der Waals surface area contributed by atoms with Crippen molar-refractivity contribution < 1.29 is 4.84 Å². The summed E-state index contributed by atoms with van der Waals surface area (Å²) in [6, 6.07) is 0.468. The second kappa shape index (κ2) is 8.77. The van der Waals surface area contributed by atoms with E-state index in [4.69, 9.17) is 9.82 Å². The highest BCUT2D eigenvalue weighted by Crippen LogP contribution is 2.42. The zero-order chi connectivity index (χ0) is 21.3. The summed E-state index contributed by atoms with van der Waals surface area (Å²) in [6.45, 7) is 8.77. The van der Waals surface area contributed by atoms with Gasteiger partial charge in [-0.15, -0.1) is 0 Å². The lowest BCUT2D eigenvalue weighted by Crippen LogP contribution is -2.39. The van der Waals surface area contributed by atoms with Crippen molar-refractivity contribution in [3.05, 3.63) is 18.0 Å². The van der Waals surface area contributed by atoms with Crippen molar-refractivity contribution in [2.75, 3.05) is 25.0 Å². The predicted octanol–water partition coefficient (Wildman–Crippen LogP) is 4.56. The number of hydrogen-bond donors (Lipinski definition) is 1. The minimum absolute atomic E-state index is 0.0697. The highest BCUT2D eigenvalue weighted by atomic mass is 16.7. The molecule has 2 aromatic rings. The number of unbranched alkanes of at least 4 members (excludes halogenated alkanes) is 1. The Labute approximate surface area is 185 Å². The van der Waals surface area contributed by atoms with Crippen molar-refractivity contribution in [2.45, 2.75) is 89.8 Å². The molecule has 2 fully saturated rings. The summed E-state index contributed by atoms with van der Waals surface area (Å²) >= 11 is 0. The normalized spacial score (nSPS) is 21.7. The fourth-order valence-electron chi connectivity index (χ4n) is 5.47. The fourth-order valence-corrected chi connectivity index (χ4v) is 5.47. The third-order valence-electron chi connectivity index (χ3n) is 7.39. The Balaban J connectivity index is 1.40. The zero-order valence-corrected chi connectivity index (χ0v) is 19.1. The Bertz CT molecular complexity index is 937. The number of nitrogens with one attached hydrogen (secondary N) is 1. The van der Waals surface area contributed by atoms with E-state index in [0.29, 0.717) is 6.04 Å². The van der Waals surface area contributed by atoms with Gasteiger partial charge in [0.15, 0.2) is 5.65 Å². The summed E-state index contributed by atoms with van der Waals surface area (Å²) in [6.07, 6.45) is 14.5. The lowest BCUT2D eigenvalue weighted by atomic mass is 9.92. The number of aromatic nitrogens is 3.